The van der Waals surface area contributed by atoms with Crippen molar-refractivity contribution < 1.29 is 9.59 Å². The molecule has 1 aromatic rings. The zero-order valence-corrected chi connectivity index (χ0v) is 11.6. The fraction of sp³-hybridized carbons (Fsp3) is 0.462. The molecule has 0 spiro atoms. The maximum Gasteiger partial charge on any atom is 0.324 e. The predicted octanol–water partition coefficient (Wildman–Crippen LogP) is 1.26. The van der Waals surface area contributed by atoms with E-state index in [1.807, 2.05) is 6.07 Å². The van der Waals surface area contributed by atoms with E-state index in [4.69, 9.17) is 11.6 Å². The minimum absolute atomic E-state index is 0.0122. The first-order chi connectivity index (χ1) is 9.66. The minimum Gasteiger partial charge on any atom is -0.370 e. The van der Waals surface area contributed by atoms with Gasteiger partial charge in [0.05, 0.1) is 17.3 Å². The molecule has 3 amide bonds. The van der Waals surface area contributed by atoms with Crippen molar-refractivity contribution in [2.45, 2.75) is 18.9 Å². The summed E-state index contributed by atoms with van der Waals surface area (Å²) in [6, 6.07) is 1.60. The average molecular weight is 295 g/mol. The van der Waals surface area contributed by atoms with Crippen LogP contribution in [0.15, 0.2) is 18.5 Å². The number of halogens is 1. The molecule has 0 bridgehead atoms. The summed E-state index contributed by atoms with van der Waals surface area (Å²) >= 11 is 6.13. The number of piperidine rings is 1. The quantitative estimate of drug-likeness (QED) is 0.834. The summed E-state index contributed by atoms with van der Waals surface area (Å²) < 4.78 is 0. The van der Waals surface area contributed by atoms with Gasteiger partial charge in [0.1, 0.15) is 0 Å². The van der Waals surface area contributed by atoms with E-state index in [0.717, 1.165) is 31.6 Å². The van der Waals surface area contributed by atoms with E-state index < -0.39 is 0 Å². The van der Waals surface area contributed by atoms with Crippen LogP contribution in [0.5, 0.6) is 0 Å². The van der Waals surface area contributed by atoms with Gasteiger partial charge in [-0.05, 0) is 18.9 Å². The van der Waals surface area contributed by atoms with Gasteiger partial charge in [0.15, 0.2) is 0 Å². The summed E-state index contributed by atoms with van der Waals surface area (Å²) in [5, 5.41) is 3.19. The molecule has 0 aliphatic carbocycles. The van der Waals surface area contributed by atoms with E-state index in [0.29, 0.717) is 5.02 Å². The molecular weight excluding hydrogens is 280 g/mol. The highest BCUT2D eigenvalue weighted by Crippen LogP contribution is 2.28. The first-order valence-electron chi connectivity index (χ1n) is 6.61. The average Bonchev–Trinajstić information content (AvgIpc) is 2.79. The number of nitrogens with one attached hydrogen (secondary N) is 1. The number of rotatable bonds is 2. The number of carbonyl (C=O) groups excluding carboxylic acids is 2. The Bertz CT molecular complexity index is 527. The lowest BCUT2D eigenvalue weighted by Crippen LogP contribution is -2.47. The lowest BCUT2D eigenvalue weighted by atomic mass is 10.0. The van der Waals surface area contributed by atoms with Crippen molar-refractivity contribution in [3.8, 4) is 0 Å². The molecule has 2 aliphatic heterocycles. The summed E-state index contributed by atoms with van der Waals surface area (Å²) in [6.07, 6.45) is 4.86. The van der Waals surface area contributed by atoms with E-state index in [1.165, 1.54) is 4.90 Å². The predicted molar refractivity (Wildman–Crippen MR) is 74.7 cm³/mol. The Hall–Kier alpha value is -1.82. The van der Waals surface area contributed by atoms with E-state index >= 15 is 0 Å². The second kappa shape index (κ2) is 5.28. The van der Waals surface area contributed by atoms with E-state index in [2.05, 4.69) is 15.2 Å². The highest BCUT2D eigenvalue weighted by Gasteiger charge is 2.36. The molecule has 2 fully saturated rings. The van der Waals surface area contributed by atoms with Gasteiger partial charge in [0, 0.05) is 31.5 Å². The van der Waals surface area contributed by atoms with Gasteiger partial charge in [0.25, 0.3) is 0 Å². The Kier molecular flexibility index (Phi) is 3.48. The number of hydrogen-bond acceptors (Lipinski definition) is 4. The molecule has 0 aromatic carbocycles. The maximum atomic E-state index is 11.7. The van der Waals surface area contributed by atoms with Crippen LogP contribution >= 0.6 is 11.6 Å². The van der Waals surface area contributed by atoms with Crippen molar-refractivity contribution in [3.05, 3.63) is 23.5 Å². The number of carbonyl (C=O) groups is 2. The molecule has 3 rings (SSSR count). The number of aromatic nitrogens is 1. The number of nitrogens with zero attached hydrogens (tertiary/aromatic N) is 3. The summed E-state index contributed by atoms with van der Waals surface area (Å²) in [7, 11) is 0. The van der Waals surface area contributed by atoms with Gasteiger partial charge in [-0.2, -0.15) is 0 Å². The second-order valence-electron chi connectivity index (χ2n) is 4.97. The van der Waals surface area contributed by atoms with Crippen LogP contribution in [0.3, 0.4) is 0 Å². The molecule has 2 saturated heterocycles. The van der Waals surface area contributed by atoms with Gasteiger partial charge in [-0.3, -0.25) is 14.7 Å². The highest BCUT2D eigenvalue weighted by molar-refractivity contribution is 6.33. The van der Waals surface area contributed by atoms with Crippen molar-refractivity contribution in [2.24, 2.45) is 0 Å². The number of amides is 3. The normalized spacial score (nSPS) is 20.4. The standard InChI is InChI=1S/C13H15ClN4O2/c14-10-7-15-4-1-11(10)17-5-2-9(3-6-17)18-12(19)8-16-13(18)20/h1,4,7,9H,2-3,5-6,8H2,(H,16,20). The van der Waals surface area contributed by atoms with Crippen LogP contribution in [0.2, 0.25) is 5.02 Å². The number of imide groups is 1. The van der Waals surface area contributed by atoms with Crippen LogP contribution in [0, 0.1) is 0 Å². The Labute approximate surface area is 121 Å². The third kappa shape index (κ3) is 2.31. The lowest BCUT2D eigenvalue weighted by Gasteiger charge is -2.36. The Morgan fingerprint density at radius 2 is 2.05 bits per heavy atom. The zero-order valence-electron chi connectivity index (χ0n) is 10.9. The van der Waals surface area contributed by atoms with Crippen LogP contribution in [0.1, 0.15) is 12.8 Å². The Morgan fingerprint density at radius 3 is 2.65 bits per heavy atom. The van der Waals surface area contributed by atoms with Gasteiger partial charge in [-0.25, -0.2) is 4.79 Å². The number of hydrogen-bond donors (Lipinski definition) is 1. The second-order valence-corrected chi connectivity index (χ2v) is 5.37. The van der Waals surface area contributed by atoms with Gasteiger partial charge < -0.3 is 10.2 Å². The first kappa shape index (κ1) is 13.2. The lowest BCUT2D eigenvalue weighted by molar-refractivity contribution is -0.126. The highest BCUT2D eigenvalue weighted by atomic mass is 35.5. The number of anilines is 1. The molecule has 7 heteroatoms. The topological polar surface area (TPSA) is 65.5 Å². The third-order valence-electron chi connectivity index (χ3n) is 3.80. The Morgan fingerprint density at radius 1 is 1.30 bits per heavy atom. The zero-order chi connectivity index (χ0) is 14.1. The van der Waals surface area contributed by atoms with Crippen molar-refractivity contribution in [2.75, 3.05) is 24.5 Å². The van der Waals surface area contributed by atoms with E-state index in [1.54, 1.807) is 12.4 Å². The fourth-order valence-electron chi connectivity index (χ4n) is 2.79. The maximum absolute atomic E-state index is 11.7. The van der Waals surface area contributed by atoms with Crippen LogP contribution in [-0.2, 0) is 4.79 Å². The molecule has 0 unspecified atom stereocenters. The molecule has 0 radical (unpaired) electrons. The van der Waals surface area contributed by atoms with Crippen molar-refractivity contribution in [1.29, 1.82) is 0 Å². The molecule has 0 saturated carbocycles. The monoisotopic (exact) mass is 294 g/mol. The molecule has 0 atom stereocenters. The third-order valence-corrected chi connectivity index (χ3v) is 4.09. The van der Waals surface area contributed by atoms with Crippen molar-refractivity contribution in [1.82, 2.24) is 15.2 Å². The van der Waals surface area contributed by atoms with Gasteiger partial charge in [-0.1, -0.05) is 11.6 Å². The molecule has 1 N–H and O–H groups in total. The SMILES string of the molecule is O=C1CNC(=O)N1C1CCN(c2ccncc2Cl)CC1. The van der Waals surface area contributed by atoms with Gasteiger partial charge in [-0.15, -0.1) is 0 Å². The Balaban J connectivity index is 1.67. The minimum atomic E-state index is -0.268. The van der Waals surface area contributed by atoms with E-state index in [-0.39, 0.29) is 24.5 Å². The van der Waals surface area contributed by atoms with Crippen LogP contribution in [0.25, 0.3) is 0 Å². The van der Waals surface area contributed by atoms with Crippen molar-refractivity contribution in [3.63, 3.8) is 0 Å². The number of urea groups is 1. The van der Waals surface area contributed by atoms with E-state index in [9.17, 15) is 9.59 Å². The summed E-state index contributed by atoms with van der Waals surface area (Å²) in [5.74, 6) is -0.129. The molecule has 106 valence electrons. The molecular formula is C13H15ClN4O2. The molecule has 20 heavy (non-hydrogen) atoms. The number of pyridine rings is 1. The van der Waals surface area contributed by atoms with Crippen LogP contribution in [-0.4, -0.2) is 47.5 Å². The molecule has 3 heterocycles. The molecule has 1 aromatic heterocycles. The fourth-order valence-corrected chi connectivity index (χ4v) is 3.03. The smallest absolute Gasteiger partial charge is 0.324 e. The molecule has 2 aliphatic rings. The van der Waals surface area contributed by atoms with Gasteiger partial charge in [0.2, 0.25) is 5.91 Å². The largest absolute Gasteiger partial charge is 0.370 e. The van der Waals surface area contributed by atoms with Crippen LogP contribution < -0.4 is 10.2 Å². The summed E-state index contributed by atoms with van der Waals surface area (Å²) in [4.78, 5) is 30.8. The molecule has 6 nitrogen and oxygen atoms in total. The summed E-state index contributed by atoms with van der Waals surface area (Å²) in [5.41, 5.74) is 0.956. The van der Waals surface area contributed by atoms with Crippen LogP contribution in [0.4, 0.5) is 10.5 Å². The van der Waals surface area contributed by atoms with Gasteiger partial charge >= 0.3 is 6.03 Å². The first-order valence-corrected chi connectivity index (χ1v) is 6.99. The van der Waals surface area contributed by atoms with Crippen molar-refractivity contribution >= 4 is 29.2 Å². The summed E-state index contributed by atoms with van der Waals surface area (Å²) in [6.45, 7) is 1.66.